The number of anilines is 1. The lowest BCUT2D eigenvalue weighted by Crippen LogP contribution is -2.03. The Hall–Kier alpha value is -1.91. The normalized spacial score (nSPS) is 13.6. The molecule has 3 rings (SSSR count). The second kappa shape index (κ2) is 4.64. The summed E-state index contributed by atoms with van der Waals surface area (Å²) in [4.78, 5) is 9.43. The SMILES string of the molecule is CCc1nn(C)cc1-c1nc2c(c(NC)n1)CCC2. The fraction of sp³-hybridized carbons (Fsp3) is 0.500. The van der Waals surface area contributed by atoms with Crippen molar-refractivity contribution in [2.45, 2.75) is 32.6 Å². The highest BCUT2D eigenvalue weighted by atomic mass is 15.3. The lowest BCUT2D eigenvalue weighted by atomic mass is 10.1. The topological polar surface area (TPSA) is 55.6 Å². The molecule has 0 amide bonds. The van der Waals surface area contributed by atoms with E-state index in [1.807, 2.05) is 25.0 Å². The Morgan fingerprint density at radius 1 is 1.32 bits per heavy atom. The number of hydrogen-bond donors (Lipinski definition) is 1. The molecule has 1 aliphatic carbocycles. The second-order valence-electron chi connectivity index (χ2n) is 4.94. The first-order valence-corrected chi connectivity index (χ1v) is 6.83. The largest absolute Gasteiger partial charge is 0.373 e. The number of nitrogens with zero attached hydrogens (tertiary/aromatic N) is 4. The third-order valence-electron chi connectivity index (χ3n) is 3.65. The van der Waals surface area contributed by atoms with E-state index in [2.05, 4.69) is 22.3 Å². The van der Waals surface area contributed by atoms with Gasteiger partial charge in [-0.25, -0.2) is 9.97 Å². The van der Waals surface area contributed by atoms with Crippen LogP contribution in [0.5, 0.6) is 0 Å². The van der Waals surface area contributed by atoms with Crippen LogP contribution in [0.4, 0.5) is 5.82 Å². The zero-order chi connectivity index (χ0) is 13.4. The summed E-state index contributed by atoms with van der Waals surface area (Å²) in [5.74, 6) is 1.78. The quantitative estimate of drug-likeness (QED) is 0.913. The van der Waals surface area contributed by atoms with Crippen LogP contribution in [0.2, 0.25) is 0 Å². The van der Waals surface area contributed by atoms with Crippen molar-refractivity contribution in [1.82, 2.24) is 19.7 Å². The van der Waals surface area contributed by atoms with Crippen LogP contribution in [-0.2, 0) is 26.3 Å². The van der Waals surface area contributed by atoms with E-state index >= 15 is 0 Å². The van der Waals surface area contributed by atoms with Crippen molar-refractivity contribution in [3.05, 3.63) is 23.1 Å². The second-order valence-corrected chi connectivity index (χ2v) is 4.94. The highest BCUT2D eigenvalue weighted by Gasteiger charge is 2.21. The first-order valence-electron chi connectivity index (χ1n) is 6.83. The van der Waals surface area contributed by atoms with E-state index in [1.54, 1.807) is 0 Å². The molecule has 0 bridgehead atoms. The van der Waals surface area contributed by atoms with Crippen LogP contribution in [0.25, 0.3) is 11.4 Å². The predicted molar refractivity (Wildman–Crippen MR) is 75.2 cm³/mol. The van der Waals surface area contributed by atoms with Crippen molar-refractivity contribution < 1.29 is 0 Å². The van der Waals surface area contributed by atoms with Crippen LogP contribution in [0, 0.1) is 0 Å². The minimum absolute atomic E-state index is 0.801. The van der Waals surface area contributed by atoms with E-state index in [0.29, 0.717) is 0 Å². The molecule has 5 nitrogen and oxygen atoms in total. The Morgan fingerprint density at radius 3 is 2.89 bits per heavy atom. The molecular weight excluding hydrogens is 238 g/mol. The molecule has 0 radical (unpaired) electrons. The Kier molecular flexibility index (Phi) is 2.97. The lowest BCUT2D eigenvalue weighted by molar-refractivity contribution is 0.746. The van der Waals surface area contributed by atoms with Gasteiger partial charge in [-0.05, 0) is 25.7 Å². The van der Waals surface area contributed by atoms with E-state index < -0.39 is 0 Å². The minimum Gasteiger partial charge on any atom is -0.373 e. The third-order valence-corrected chi connectivity index (χ3v) is 3.65. The molecule has 0 saturated carbocycles. The van der Waals surface area contributed by atoms with Crippen molar-refractivity contribution in [2.75, 3.05) is 12.4 Å². The molecule has 1 N–H and O–H groups in total. The molecule has 0 unspecified atom stereocenters. The van der Waals surface area contributed by atoms with Crippen LogP contribution in [0.15, 0.2) is 6.20 Å². The average Bonchev–Trinajstić information content (AvgIpc) is 3.02. The minimum atomic E-state index is 0.801. The molecule has 0 saturated heterocycles. The maximum atomic E-state index is 4.75. The fourth-order valence-corrected chi connectivity index (χ4v) is 2.74. The number of aromatic nitrogens is 4. The molecule has 100 valence electrons. The van der Waals surface area contributed by atoms with Gasteiger partial charge in [-0.3, -0.25) is 4.68 Å². The zero-order valence-corrected chi connectivity index (χ0v) is 11.7. The number of hydrogen-bond acceptors (Lipinski definition) is 4. The Labute approximate surface area is 113 Å². The van der Waals surface area contributed by atoms with Crippen molar-refractivity contribution >= 4 is 5.82 Å². The number of fused-ring (bicyclic) bond motifs is 1. The highest BCUT2D eigenvalue weighted by Crippen LogP contribution is 2.29. The summed E-state index contributed by atoms with van der Waals surface area (Å²) < 4.78 is 1.84. The maximum Gasteiger partial charge on any atom is 0.165 e. The number of rotatable bonds is 3. The number of nitrogens with one attached hydrogen (secondary N) is 1. The molecule has 2 aromatic rings. The third kappa shape index (κ3) is 1.99. The van der Waals surface area contributed by atoms with Gasteiger partial charge >= 0.3 is 0 Å². The monoisotopic (exact) mass is 257 g/mol. The van der Waals surface area contributed by atoms with Crippen LogP contribution in [0.1, 0.15) is 30.3 Å². The first kappa shape index (κ1) is 12.1. The lowest BCUT2D eigenvalue weighted by Gasteiger charge is -2.09. The van der Waals surface area contributed by atoms with E-state index in [4.69, 9.17) is 4.98 Å². The smallest absolute Gasteiger partial charge is 0.165 e. The molecule has 0 spiro atoms. The Balaban J connectivity index is 2.15. The van der Waals surface area contributed by atoms with Gasteiger partial charge in [0.05, 0.1) is 11.3 Å². The van der Waals surface area contributed by atoms with Crippen molar-refractivity contribution in [1.29, 1.82) is 0 Å². The molecule has 0 aromatic carbocycles. The molecule has 0 atom stereocenters. The van der Waals surface area contributed by atoms with Crippen molar-refractivity contribution in [2.24, 2.45) is 7.05 Å². The predicted octanol–water partition coefficient (Wildman–Crippen LogP) is 1.97. The average molecular weight is 257 g/mol. The Morgan fingerprint density at radius 2 is 2.16 bits per heavy atom. The van der Waals surface area contributed by atoms with Crippen molar-refractivity contribution in [3.8, 4) is 11.4 Å². The molecule has 0 fully saturated rings. The molecular formula is C14H19N5. The van der Waals surface area contributed by atoms with Gasteiger partial charge in [-0.2, -0.15) is 5.10 Å². The van der Waals surface area contributed by atoms with Crippen LogP contribution >= 0.6 is 0 Å². The molecule has 1 aliphatic rings. The molecule has 5 heteroatoms. The zero-order valence-electron chi connectivity index (χ0n) is 11.7. The van der Waals surface area contributed by atoms with Gasteiger partial charge in [0.2, 0.25) is 0 Å². The van der Waals surface area contributed by atoms with Crippen LogP contribution in [0.3, 0.4) is 0 Å². The fourth-order valence-electron chi connectivity index (χ4n) is 2.74. The van der Waals surface area contributed by atoms with Crippen LogP contribution in [-0.4, -0.2) is 26.8 Å². The van der Waals surface area contributed by atoms with Gasteiger partial charge in [0.1, 0.15) is 5.82 Å². The molecule has 19 heavy (non-hydrogen) atoms. The van der Waals surface area contributed by atoms with E-state index in [-0.39, 0.29) is 0 Å². The van der Waals surface area contributed by atoms with Gasteiger partial charge in [0.25, 0.3) is 0 Å². The summed E-state index contributed by atoms with van der Waals surface area (Å²) in [5.41, 5.74) is 4.59. The summed E-state index contributed by atoms with van der Waals surface area (Å²) >= 11 is 0. The summed E-state index contributed by atoms with van der Waals surface area (Å²) in [5, 5.41) is 7.67. The van der Waals surface area contributed by atoms with E-state index in [9.17, 15) is 0 Å². The standard InChI is InChI=1S/C14H19N5/c1-4-11-10(8-19(3)18-11)14-16-12-7-5-6-9(12)13(15-2)17-14/h8H,4-7H2,1-3H3,(H,15,16,17). The summed E-state index contributed by atoms with van der Waals surface area (Å²) in [6.07, 6.45) is 6.22. The highest BCUT2D eigenvalue weighted by molar-refractivity contribution is 5.62. The van der Waals surface area contributed by atoms with Crippen LogP contribution < -0.4 is 5.32 Å². The summed E-state index contributed by atoms with van der Waals surface area (Å²) in [7, 11) is 3.86. The summed E-state index contributed by atoms with van der Waals surface area (Å²) in [6, 6.07) is 0. The maximum absolute atomic E-state index is 4.75. The first-order chi connectivity index (χ1) is 9.22. The van der Waals surface area contributed by atoms with Gasteiger partial charge in [0, 0.05) is 31.5 Å². The molecule has 2 heterocycles. The summed E-state index contributed by atoms with van der Waals surface area (Å²) in [6.45, 7) is 2.11. The molecule has 2 aromatic heterocycles. The van der Waals surface area contributed by atoms with E-state index in [0.717, 1.165) is 42.2 Å². The van der Waals surface area contributed by atoms with Crippen molar-refractivity contribution in [3.63, 3.8) is 0 Å². The van der Waals surface area contributed by atoms with Gasteiger partial charge < -0.3 is 5.32 Å². The van der Waals surface area contributed by atoms with Gasteiger partial charge in [-0.15, -0.1) is 0 Å². The van der Waals surface area contributed by atoms with E-state index in [1.165, 1.54) is 17.7 Å². The van der Waals surface area contributed by atoms with Gasteiger partial charge in [0.15, 0.2) is 5.82 Å². The molecule has 0 aliphatic heterocycles. The van der Waals surface area contributed by atoms with Gasteiger partial charge in [-0.1, -0.05) is 6.92 Å². The number of aryl methyl sites for hydroxylation is 3. The Bertz CT molecular complexity index is 615.